The summed E-state index contributed by atoms with van der Waals surface area (Å²) in [7, 11) is -3.48. The Labute approximate surface area is 109 Å². The normalized spacial score (nSPS) is 19.5. The standard InChI is InChI=1S/C13H20N2O2S/c1-10-3-7-12(8-4-10)18(16,17)15-13(2,9-14)11-5-6-11/h3-4,7-8,11,15H,5-6,9,14H2,1-2H3. The Hall–Kier alpha value is -0.910. The molecule has 1 aliphatic rings. The zero-order valence-corrected chi connectivity index (χ0v) is 11.6. The molecule has 100 valence electrons. The van der Waals surface area contributed by atoms with E-state index in [-0.39, 0.29) is 0 Å². The summed E-state index contributed by atoms with van der Waals surface area (Å²) in [5.74, 6) is 0.364. The van der Waals surface area contributed by atoms with Gasteiger partial charge in [0.15, 0.2) is 0 Å². The molecule has 3 N–H and O–H groups in total. The van der Waals surface area contributed by atoms with Gasteiger partial charge in [0.1, 0.15) is 0 Å². The number of nitrogens with two attached hydrogens (primary N) is 1. The van der Waals surface area contributed by atoms with Crippen LogP contribution in [0.4, 0.5) is 0 Å². The third kappa shape index (κ3) is 2.74. The van der Waals surface area contributed by atoms with Crippen LogP contribution in [0.3, 0.4) is 0 Å². The molecular weight excluding hydrogens is 248 g/mol. The summed E-state index contributed by atoms with van der Waals surface area (Å²) < 4.78 is 27.3. The van der Waals surface area contributed by atoms with Crippen molar-refractivity contribution < 1.29 is 8.42 Å². The summed E-state index contributed by atoms with van der Waals surface area (Å²) in [5.41, 5.74) is 6.25. The predicted molar refractivity (Wildman–Crippen MR) is 71.7 cm³/mol. The Balaban J connectivity index is 2.23. The van der Waals surface area contributed by atoms with Gasteiger partial charge in [-0.3, -0.25) is 0 Å². The van der Waals surface area contributed by atoms with E-state index in [1.54, 1.807) is 24.3 Å². The molecule has 1 unspecified atom stereocenters. The summed E-state index contributed by atoms with van der Waals surface area (Å²) in [6.45, 7) is 4.14. The van der Waals surface area contributed by atoms with E-state index >= 15 is 0 Å². The van der Waals surface area contributed by atoms with Gasteiger partial charge in [0.25, 0.3) is 0 Å². The summed E-state index contributed by atoms with van der Waals surface area (Å²) in [6.07, 6.45) is 2.09. The van der Waals surface area contributed by atoms with Gasteiger partial charge < -0.3 is 5.73 Å². The van der Waals surface area contributed by atoms with Crippen LogP contribution in [0.2, 0.25) is 0 Å². The van der Waals surface area contributed by atoms with Crippen molar-refractivity contribution in [3.8, 4) is 0 Å². The predicted octanol–water partition coefficient (Wildman–Crippen LogP) is 1.40. The zero-order chi connectivity index (χ0) is 13.4. The first-order chi connectivity index (χ1) is 8.37. The molecule has 0 radical (unpaired) electrons. The van der Waals surface area contributed by atoms with Crippen molar-refractivity contribution in [2.45, 2.75) is 37.1 Å². The second-order valence-corrected chi connectivity index (χ2v) is 7.00. The smallest absolute Gasteiger partial charge is 0.241 e. The Bertz CT molecular complexity index is 520. The van der Waals surface area contributed by atoms with Crippen LogP contribution in [0.15, 0.2) is 29.2 Å². The molecule has 5 heteroatoms. The van der Waals surface area contributed by atoms with Crippen LogP contribution < -0.4 is 10.5 Å². The van der Waals surface area contributed by atoms with E-state index < -0.39 is 15.6 Å². The molecule has 0 bridgehead atoms. The fraction of sp³-hybridized carbons (Fsp3) is 0.538. The minimum absolute atomic E-state index is 0.299. The van der Waals surface area contributed by atoms with Crippen molar-refractivity contribution >= 4 is 10.0 Å². The lowest BCUT2D eigenvalue weighted by atomic mass is 9.98. The van der Waals surface area contributed by atoms with Gasteiger partial charge >= 0.3 is 0 Å². The largest absolute Gasteiger partial charge is 0.329 e. The SMILES string of the molecule is Cc1ccc(S(=O)(=O)NC(C)(CN)C2CC2)cc1. The molecule has 0 saturated heterocycles. The Morgan fingerprint density at radius 3 is 2.33 bits per heavy atom. The van der Waals surface area contributed by atoms with Crippen LogP contribution in [-0.4, -0.2) is 20.5 Å². The lowest BCUT2D eigenvalue weighted by molar-refractivity contribution is 0.374. The van der Waals surface area contributed by atoms with E-state index in [2.05, 4.69) is 4.72 Å². The Kier molecular flexibility index (Phi) is 3.49. The van der Waals surface area contributed by atoms with Gasteiger partial charge in [-0.15, -0.1) is 0 Å². The van der Waals surface area contributed by atoms with Gasteiger partial charge in [-0.1, -0.05) is 17.7 Å². The van der Waals surface area contributed by atoms with Gasteiger partial charge in [0.05, 0.1) is 4.90 Å². The van der Waals surface area contributed by atoms with Crippen LogP contribution in [-0.2, 0) is 10.0 Å². The Morgan fingerprint density at radius 2 is 1.89 bits per heavy atom. The zero-order valence-electron chi connectivity index (χ0n) is 10.8. The first-order valence-electron chi connectivity index (χ1n) is 6.18. The number of hydrogen-bond acceptors (Lipinski definition) is 3. The van der Waals surface area contributed by atoms with E-state index in [9.17, 15) is 8.42 Å². The van der Waals surface area contributed by atoms with Crippen LogP contribution in [0.1, 0.15) is 25.3 Å². The van der Waals surface area contributed by atoms with Crippen LogP contribution in [0, 0.1) is 12.8 Å². The van der Waals surface area contributed by atoms with Gasteiger partial charge in [0, 0.05) is 12.1 Å². The molecule has 0 aromatic heterocycles. The maximum absolute atomic E-state index is 12.3. The first kappa shape index (κ1) is 13.5. The summed E-state index contributed by atoms with van der Waals surface area (Å²) in [4.78, 5) is 0.299. The van der Waals surface area contributed by atoms with Crippen LogP contribution >= 0.6 is 0 Å². The van der Waals surface area contributed by atoms with Crippen LogP contribution in [0.25, 0.3) is 0 Å². The summed E-state index contributed by atoms with van der Waals surface area (Å²) in [5, 5.41) is 0. The second kappa shape index (κ2) is 4.64. The quantitative estimate of drug-likeness (QED) is 0.848. The minimum atomic E-state index is -3.48. The topological polar surface area (TPSA) is 72.2 Å². The minimum Gasteiger partial charge on any atom is -0.329 e. The van der Waals surface area contributed by atoms with E-state index in [0.717, 1.165) is 18.4 Å². The van der Waals surface area contributed by atoms with Gasteiger partial charge in [-0.05, 0) is 44.7 Å². The van der Waals surface area contributed by atoms with Crippen LogP contribution in [0.5, 0.6) is 0 Å². The first-order valence-corrected chi connectivity index (χ1v) is 7.66. The van der Waals surface area contributed by atoms with Gasteiger partial charge in [-0.25, -0.2) is 13.1 Å². The molecule has 4 nitrogen and oxygen atoms in total. The molecule has 0 aliphatic heterocycles. The van der Waals surface area contributed by atoms with E-state index in [4.69, 9.17) is 5.73 Å². The molecule has 1 aliphatic carbocycles. The second-order valence-electron chi connectivity index (χ2n) is 5.31. The van der Waals surface area contributed by atoms with Crippen molar-refractivity contribution in [1.82, 2.24) is 4.72 Å². The highest BCUT2D eigenvalue weighted by molar-refractivity contribution is 7.89. The highest BCUT2D eigenvalue weighted by Gasteiger charge is 2.43. The molecule has 2 rings (SSSR count). The summed E-state index contributed by atoms with van der Waals surface area (Å²) in [6, 6.07) is 6.85. The number of rotatable bonds is 5. The molecule has 1 saturated carbocycles. The molecule has 0 amide bonds. The number of benzene rings is 1. The lowest BCUT2D eigenvalue weighted by Crippen LogP contribution is -2.52. The molecule has 1 atom stereocenters. The molecule has 1 aromatic rings. The maximum atomic E-state index is 12.3. The Morgan fingerprint density at radius 1 is 1.33 bits per heavy atom. The van der Waals surface area contributed by atoms with Crippen molar-refractivity contribution in [3.05, 3.63) is 29.8 Å². The third-order valence-electron chi connectivity index (χ3n) is 3.60. The average Bonchev–Trinajstić information content (AvgIpc) is 3.13. The average molecular weight is 268 g/mol. The molecule has 18 heavy (non-hydrogen) atoms. The van der Waals surface area contributed by atoms with Crippen molar-refractivity contribution in [2.24, 2.45) is 11.7 Å². The van der Waals surface area contributed by atoms with Crippen molar-refractivity contribution in [1.29, 1.82) is 0 Å². The molecule has 1 fully saturated rings. The molecule has 1 aromatic carbocycles. The third-order valence-corrected chi connectivity index (χ3v) is 5.23. The fourth-order valence-corrected chi connectivity index (χ4v) is 3.57. The molecule has 0 heterocycles. The number of hydrogen-bond donors (Lipinski definition) is 2. The van der Waals surface area contributed by atoms with Gasteiger partial charge in [0.2, 0.25) is 10.0 Å². The fourth-order valence-electron chi connectivity index (χ4n) is 2.10. The number of nitrogens with one attached hydrogen (secondary N) is 1. The maximum Gasteiger partial charge on any atom is 0.241 e. The highest BCUT2D eigenvalue weighted by Crippen LogP contribution is 2.39. The molecular formula is C13H20N2O2S. The van der Waals surface area contributed by atoms with Gasteiger partial charge in [-0.2, -0.15) is 0 Å². The van der Waals surface area contributed by atoms with Crippen molar-refractivity contribution in [2.75, 3.05) is 6.54 Å². The number of aryl methyl sites for hydroxylation is 1. The molecule has 0 spiro atoms. The van der Waals surface area contributed by atoms with E-state index in [1.807, 2.05) is 13.8 Å². The highest BCUT2D eigenvalue weighted by atomic mass is 32.2. The summed E-state index contributed by atoms with van der Waals surface area (Å²) >= 11 is 0. The number of sulfonamides is 1. The monoisotopic (exact) mass is 268 g/mol. The lowest BCUT2D eigenvalue weighted by Gasteiger charge is -2.29. The van der Waals surface area contributed by atoms with E-state index in [0.29, 0.717) is 17.4 Å². The van der Waals surface area contributed by atoms with E-state index in [1.165, 1.54) is 0 Å². The van der Waals surface area contributed by atoms with Crippen molar-refractivity contribution in [3.63, 3.8) is 0 Å².